The molecule has 1 amide bonds. The Balaban J connectivity index is 1.75. The Morgan fingerprint density at radius 3 is 2.60 bits per heavy atom. The van der Waals surface area contributed by atoms with Crippen molar-refractivity contribution in [2.45, 2.75) is 13.3 Å². The average Bonchev–Trinajstić information content (AvgIpc) is 3.11. The lowest BCUT2D eigenvalue weighted by Gasteiger charge is -2.13. The number of carbonyl (C=O) groups is 1. The SMILES string of the molecule is CCc1ccnc2ccc(Oc3c(Cl)cc(-n4c(C(N)=O)noc4=O)cc3Cl)cc12. The Hall–Kier alpha value is -3.36. The predicted octanol–water partition coefficient (Wildman–Crippen LogP) is 4.13. The molecule has 8 nitrogen and oxygen atoms in total. The molecule has 30 heavy (non-hydrogen) atoms. The number of nitrogens with zero attached hydrogens (tertiary/aromatic N) is 3. The minimum Gasteiger partial charge on any atom is -0.454 e. The van der Waals surface area contributed by atoms with Crippen LogP contribution in [0.1, 0.15) is 23.1 Å². The van der Waals surface area contributed by atoms with Crippen LogP contribution in [0, 0.1) is 0 Å². The Labute approximate surface area is 179 Å². The molecule has 0 aliphatic heterocycles. The quantitative estimate of drug-likeness (QED) is 0.494. The van der Waals surface area contributed by atoms with Crippen molar-refractivity contribution in [3.63, 3.8) is 0 Å². The summed E-state index contributed by atoms with van der Waals surface area (Å²) in [7, 11) is 0. The van der Waals surface area contributed by atoms with Gasteiger partial charge in [0.05, 0.1) is 21.2 Å². The van der Waals surface area contributed by atoms with E-state index in [2.05, 4.69) is 21.6 Å². The van der Waals surface area contributed by atoms with Gasteiger partial charge in [-0.3, -0.25) is 14.3 Å². The zero-order valence-electron chi connectivity index (χ0n) is 15.6. The maximum atomic E-state index is 11.9. The number of hydrogen-bond acceptors (Lipinski definition) is 6. The van der Waals surface area contributed by atoms with E-state index in [0.29, 0.717) is 5.75 Å². The van der Waals surface area contributed by atoms with Gasteiger partial charge in [-0.25, -0.2) is 9.36 Å². The van der Waals surface area contributed by atoms with E-state index in [1.165, 1.54) is 12.1 Å². The van der Waals surface area contributed by atoms with Crippen LogP contribution >= 0.6 is 23.2 Å². The zero-order chi connectivity index (χ0) is 21.4. The number of rotatable bonds is 5. The van der Waals surface area contributed by atoms with Crippen LogP contribution in [0.3, 0.4) is 0 Å². The van der Waals surface area contributed by atoms with Gasteiger partial charge in [-0.2, -0.15) is 0 Å². The number of amides is 1. The molecule has 10 heteroatoms. The molecule has 0 unspecified atom stereocenters. The van der Waals surface area contributed by atoms with E-state index >= 15 is 0 Å². The van der Waals surface area contributed by atoms with E-state index in [-0.39, 0.29) is 27.3 Å². The molecule has 2 aromatic carbocycles. The number of primary amides is 1. The molecule has 0 spiro atoms. The summed E-state index contributed by atoms with van der Waals surface area (Å²) in [6.07, 6.45) is 2.61. The van der Waals surface area contributed by atoms with E-state index in [9.17, 15) is 9.59 Å². The van der Waals surface area contributed by atoms with Crippen molar-refractivity contribution < 1.29 is 14.1 Å². The van der Waals surface area contributed by atoms with E-state index in [0.717, 1.165) is 27.5 Å². The van der Waals surface area contributed by atoms with Gasteiger partial charge in [0.25, 0.3) is 5.91 Å². The molecule has 0 radical (unpaired) electrons. The molecule has 152 valence electrons. The van der Waals surface area contributed by atoms with Crippen LogP contribution in [0.4, 0.5) is 0 Å². The number of halogens is 2. The third-order valence-corrected chi connectivity index (χ3v) is 5.03. The van der Waals surface area contributed by atoms with Gasteiger partial charge in [0.15, 0.2) is 5.75 Å². The molecule has 2 N–H and O–H groups in total. The van der Waals surface area contributed by atoms with Gasteiger partial charge in [0.1, 0.15) is 5.75 Å². The highest BCUT2D eigenvalue weighted by Gasteiger charge is 2.20. The minimum atomic E-state index is -0.940. The number of pyridine rings is 1. The van der Waals surface area contributed by atoms with Gasteiger partial charge in [0.2, 0.25) is 5.82 Å². The Morgan fingerprint density at radius 1 is 1.20 bits per heavy atom. The molecule has 0 bridgehead atoms. The summed E-state index contributed by atoms with van der Waals surface area (Å²) in [5, 5.41) is 4.55. The third kappa shape index (κ3) is 3.51. The van der Waals surface area contributed by atoms with Crippen LogP contribution in [0.2, 0.25) is 10.0 Å². The summed E-state index contributed by atoms with van der Waals surface area (Å²) in [4.78, 5) is 27.8. The molecular formula is C20H14Cl2N4O4. The highest BCUT2D eigenvalue weighted by Crippen LogP contribution is 2.39. The highest BCUT2D eigenvalue weighted by atomic mass is 35.5. The zero-order valence-corrected chi connectivity index (χ0v) is 17.1. The van der Waals surface area contributed by atoms with Crippen LogP contribution < -0.4 is 16.2 Å². The Bertz CT molecular complexity index is 1320. The normalized spacial score (nSPS) is 11.0. The molecule has 2 heterocycles. The smallest absolute Gasteiger partial charge is 0.446 e. The first-order valence-electron chi connectivity index (χ1n) is 8.82. The first kappa shape index (κ1) is 19.9. The first-order valence-corrected chi connectivity index (χ1v) is 9.58. The second kappa shape index (κ2) is 7.81. The maximum absolute atomic E-state index is 11.9. The van der Waals surface area contributed by atoms with E-state index in [1.54, 1.807) is 12.3 Å². The molecule has 4 aromatic rings. The fourth-order valence-electron chi connectivity index (χ4n) is 3.08. The molecule has 0 aliphatic carbocycles. The van der Waals surface area contributed by atoms with Crippen molar-refractivity contribution in [2.24, 2.45) is 5.73 Å². The summed E-state index contributed by atoms with van der Waals surface area (Å²) in [6, 6.07) is 10.2. The van der Waals surface area contributed by atoms with Gasteiger partial charge >= 0.3 is 5.76 Å². The predicted molar refractivity (Wildman–Crippen MR) is 112 cm³/mol. The van der Waals surface area contributed by atoms with E-state index < -0.39 is 11.7 Å². The average molecular weight is 445 g/mol. The molecular weight excluding hydrogens is 431 g/mol. The highest BCUT2D eigenvalue weighted by molar-refractivity contribution is 6.37. The Kier molecular flexibility index (Phi) is 5.19. The van der Waals surface area contributed by atoms with Crippen LogP contribution in [-0.2, 0) is 6.42 Å². The molecule has 0 saturated heterocycles. The lowest BCUT2D eigenvalue weighted by Crippen LogP contribution is -2.22. The molecule has 0 saturated carbocycles. The summed E-state index contributed by atoms with van der Waals surface area (Å²) < 4.78 is 11.3. The lowest BCUT2D eigenvalue weighted by molar-refractivity contribution is 0.0985. The van der Waals surface area contributed by atoms with Crippen LogP contribution in [0.25, 0.3) is 16.6 Å². The van der Waals surface area contributed by atoms with Crippen LogP contribution in [-0.4, -0.2) is 20.6 Å². The second-order valence-electron chi connectivity index (χ2n) is 6.31. The van der Waals surface area contributed by atoms with Crippen molar-refractivity contribution in [1.82, 2.24) is 14.7 Å². The second-order valence-corrected chi connectivity index (χ2v) is 7.13. The molecule has 0 atom stereocenters. The number of hydrogen-bond donors (Lipinski definition) is 1. The molecule has 0 aliphatic rings. The lowest BCUT2D eigenvalue weighted by atomic mass is 10.1. The van der Waals surface area contributed by atoms with Gasteiger partial charge < -0.3 is 10.5 Å². The van der Waals surface area contributed by atoms with E-state index in [4.69, 9.17) is 33.7 Å². The number of fused-ring (bicyclic) bond motifs is 1. The number of carbonyl (C=O) groups excluding carboxylic acids is 1. The van der Waals surface area contributed by atoms with Crippen LogP contribution in [0.5, 0.6) is 11.5 Å². The van der Waals surface area contributed by atoms with Gasteiger partial charge in [-0.05, 0) is 53.5 Å². The standard InChI is InChI=1S/C20H14Cl2N4O4/c1-2-10-5-6-24-16-4-3-12(9-13(10)16)29-17-14(21)7-11(8-15(17)22)26-19(18(23)27)25-30-20(26)28/h3-9H,2H2,1H3,(H2,23,27). The number of ether oxygens (including phenoxy) is 1. The number of nitrogens with two attached hydrogens (primary N) is 1. The largest absolute Gasteiger partial charge is 0.454 e. The fourth-order valence-corrected chi connectivity index (χ4v) is 3.63. The van der Waals surface area contributed by atoms with Gasteiger partial charge in [-0.15, -0.1) is 0 Å². The number of aryl methyl sites for hydroxylation is 1. The van der Waals surface area contributed by atoms with Crippen LogP contribution in [0.15, 0.2) is 51.9 Å². The topological polar surface area (TPSA) is 113 Å². The summed E-state index contributed by atoms with van der Waals surface area (Å²) in [6.45, 7) is 2.06. The van der Waals surface area contributed by atoms with E-state index in [1.807, 2.05) is 18.2 Å². The maximum Gasteiger partial charge on any atom is 0.446 e. The van der Waals surface area contributed by atoms with Crippen molar-refractivity contribution in [3.8, 4) is 17.2 Å². The van der Waals surface area contributed by atoms with Gasteiger partial charge in [-0.1, -0.05) is 30.1 Å². The fraction of sp³-hybridized carbons (Fsp3) is 0.100. The van der Waals surface area contributed by atoms with Crippen molar-refractivity contribution in [2.75, 3.05) is 0 Å². The summed E-state index contributed by atoms with van der Waals surface area (Å²) in [5.41, 5.74) is 7.36. The van der Waals surface area contributed by atoms with Crippen molar-refractivity contribution in [1.29, 1.82) is 0 Å². The summed E-state index contributed by atoms with van der Waals surface area (Å²) >= 11 is 12.7. The summed E-state index contributed by atoms with van der Waals surface area (Å²) in [5.74, 6) is -1.52. The Morgan fingerprint density at radius 2 is 1.93 bits per heavy atom. The number of benzene rings is 2. The van der Waals surface area contributed by atoms with Crippen molar-refractivity contribution >= 4 is 40.0 Å². The first-order chi connectivity index (χ1) is 14.4. The minimum absolute atomic E-state index is 0.114. The molecule has 2 aromatic heterocycles. The van der Waals surface area contributed by atoms with Gasteiger partial charge in [0, 0.05) is 11.6 Å². The molecule has 0 fully saturated rings. The third-order valence-electron chi connectivity index (χ3n) is 4.47. The molecule has 4 rings (SSSR count). The van der Waals surface area contributed by atoms with Crippen molar-refractivity contribution in [3.05, 3.63) is 74.6 Å². The monoisotopic (exact) mass is 444 g/mol. The number of aromatic nitrogens is 3.